The van der Waals surface area contributed by atoms with E-state index in [1.54, 1.807) is 36.4 Å². The van der Waals surface area contributed by atoms with Gasteiger partial charge in [0, 0.05) is 16.1 Å². The van der Waals surface area contributed by atoms with Crippen molar-refractivity contribution in [1.29, 1.82) is 0 Å². The van der Waals surface area contributed by atoms with Gasteiger partial charge in [0.25, 0.3) is 12.0 Å². The molecule has 0 amide bonds. The van der Waals surface area contributed by atoms with Crippen molar-refractivity contribution in [2.24, 2.45) is 0 Å². The van der Waals surface area contributed by atoms with Crippen LogP contribution >= 0.6 is 15.9 Å². The Morgan fingerprint density at radius 1 is 1.32 bits per heavy atom. The van der Waals surface area contributed by atoms with E-state index < -0.39 is 18.5 Å². The van der Waals surface area contributed by atoms with Crippen molar-refractivity contribution in [1.82, 2.24) is 4.57 Å². The minimum Gasteiger partial charge on any atom is -0.490 e. The molecule has 1 aromatic heterocycles. The number of hydrogen-bond donors (Lipinski definition) is 0. The summed E-state index contributed by atoms with van der Waals surface area (Å²) >= 11 is 3.39. The van der Waals surface area contributed by atoms with E-state index in [0.717, 1.165) is 4.57 Å². The van der Waals surface area contributed by atoms with E-state index >= 15 is 0 Å². The van der Waals surface area contributed by atoms with Gasteiger partial charge in [-0.05, 0) is 40.2 Å². The highest BCUT2D eigenvalue weighted by atomic mass is 79.9. The second-order valence-corrected chi connectivity index (χ2v) is 5.35. The van der Waals surface area contributed by atoms with Crippen LogP contribution < -0.4 is 10.3 Å². The molecular weight excluding hydrogens is 356 g/mol. The third-order valence-electron chi connectivity index (χ3n) is 2.95. The van der Waals surface area contributed by atoms with Gasteiger partial charge in [0.15, 0.2) is 0 Å². The Kier molecular flexibility index (Phi) is 5.49. The molecule has 0 aliphatic carbocycles. The van der Waals surface area contributed by atoms with Gasteiger partial charge in [-0.1, -0.05) is 18.7 Å². The molecule has 0 aliphatic heterocycles. The Bertz CT molecular complexity index is 728. The average Bonchev–Trinajstić information content (AvgIpc) is 2.47. The van der Waals surface area contributed by atoms with Gasteiger partial charge in [-0.2, -0.15) is 0 Å². The number of rotatable bonds is 6. The van der Waals surface area contributed by atoms with E-state index in [-0.39, 0.29) is 0 Å². The summed E-state index contributed by atoms with van der Waals surface area (Å²) in [5, 5.41) is 0. The van der Waals surface area contributed by atoms with E-state index in [9.17, 15) is 13.6 Å². The van der Waals surface area contributed by atoms with Crippen LogP contribution in [-0.2, 0) is 6.54 Å². The summed E-state index contributed by atoms with van der Waals surface area (Å²) in [6.07, 6.45) is -0.980. The van der Waals surface area contributed by atoms with Crippen LogP contribution in [0.15, 0.2) is 58.3 Å². The molecular formula is C16H14BrF2NO2. The molecule has 0 aliphatic rings. The maximum Gasteiger partial charge on any atom is 0.256 e. The number of pyridine rings is 1. The lowest BCUT2D eigenvalue weighted by molar-refractivity contribution is 0.126. The lowest BCUT2D eigenvalue weighted by Gasteiger charge is -2.14. The lowest BCUT2D eigenvalue weighted by Crippen LogP contribution is -2.23. The first-order valence-corrected chi connectivity index (χ1v) is 7.34. The van der Waals surface area contributed by atoms with Gasteiger partial charge in [-0.3, -0.25) is 4.79 Å². The number of benzene rings is 1. The van der Waals surface area contributed by atoms with Gasteiger partial charge in [-0.15, -0.1) is 0 Å². The number of alkyl halides is 2. The van der Waals surface area contributed by atoms with E-state index in [2.05, 4.69) is 22.5 Å². The Morgan fingerprint density at radius 2 is 2.09 bits per heavy atom. The zero-order valence-corrected chi connectivity index (χ0v) is 13.2. The van der Waals surface area contributed by atoms with Crippen LogP contribution in [0.25, 0.3) is 11.3 Å². The summed E-state index contributed by atoms with van der Waals surface area (Å²) in [5.74, 6) is 0.620. The minimum atomic E-state index is -2.60. The third-order valence-corrected chi connectivity index (χ3v) is 3.61. The summed E-state index contributed by atoms with van der Waals surface area (Å²) in [6, 6.07) is 9.61. The van der Waals surface area contributed by atoms with Crippen molar-refractivity contribution >= 4 is 15.9 Å². The van der Waals surface area contributed by atoms with Crippen molar-refractivity contribution in [3.63, 3.8) is 0 Å². The molecule has 1 heterocycles. The average molecular weight is 370 g/mol. The van der Waals surface area contributed by atoms with Gasteiger partial charge in [0.2, 0.25) is 0 Å². The molecule has 2 rings (SSSR count). The zero-order valence-electron chi connectivity index (χ0n) is 11.6. The number of aromatic nitrogens is 1. The van der Waals surface area contributed by atoms with Crippen molar-refractivity contribution in [2.45, 2.75) is 13.0 Å². The highest BCUT2D eigenvalue weighted by molar-refractivity contribution is 9.10. The van der Waals surface area contributed by atoms with Gasteiger partial charge in [0.1, 0.15) is 12.4 Å². The molecule has 116 valence electrons. The lowest BCUT2D eigenvalue weighted by atomic mass is 10.1. The van der Waals surface area contributed by atoms with Crippen LogP contribution in [0, 0.1) is 0 Å². The SMILES string of the molecule is C=CCOc1ccc(-c2cccc(=O)n2CC(F)F)c(Br)c1. The number of hydrogen-bond acceptors (Lipinski definition) is 2. The fraction of sp³-hybridized carbons (Fsp3) is 0.188. The van der Waals surface area contributed by atoms with E-state index in [4.69, 9.17) is 4.74 Å². The summed E-state index contributed by atoms with van der Waals surface area (Å²) in [7, 11) is 0. The van der Waals surface area contributed by atoms with Crippen LogP contribution in [-0.4, -0.2) is 17.6 Å². The van der Waals surface area contributed by atoms with Crippen LogP contribution in [0.5, 0.6) is 5.75 Å². The molecule has 2 aromatic rings. The third kappa shape index (κ3) is 3.82. The first-order valence-electron chi connectivity index (χ1n) is 6.54. The van der Waals surface area contributed by atoms with Gasteiger partial charge >= 0.3 is 0 Å². The molecule has 0 saturated heterocycles. The molecule has 0 atom stereocenters. The first kappa shape index (κ1) is 16.4. The summed E-state index contributed by atoms with van der Waals surface area (Å²) in [6.45, 7) is 3.29. The molecule has 0 unspecified atom stereocenters. The largest absolute Gasteiger partial charge is 0.490 e. The van der Waals surface area contributed by atoms with Crippen molar-refractivity contribution < 1.29 is 13.5 Å². The van der Waals surface area contributed by atoms with Crippen molar-refractivity contribution in [3.05, 3.63) is 63.9 Å². The van der Waals surface area contributed by atoms with Crippen molar-refractivity contribution in [3.8, 4) is 17.0 Å². The van der Waals surface area contributed by atoms with E-state index in [0.29, 0.717) is 28.1 Å². The maximum absolute atomic E-state index is 12.7. The number of ether oxygens (including phenoxy) is 1. The molecule has 0 bridgehead atoms. The number of nitrogens with zero attached hydrogens (tertiary/aromatic N) is 1. The fourth-order valence-corrected chi connectivity index (χ4v) is 2.59. The van der Waals surface area contributed by atoms with Gasteiger partial charge < -0.3 is 9.30 Å². The summed E-state index contributed by atoms with van der Waals surface area (Å²) in [5.41, 5.74) is 0.607. The van der Waals surface area contributed by atoms with E-state index in [1.165, 1.54) is 6.07 Å². The Morgan fingerprint density at radius 3 is 2.73 bits per heavy atom. The molecule has 0 spiro atoms. The Labute approximate surface area is 135 Å². The second-order valence-electron chi connectivity index (χ2n) is 4.49. The summed E-state index contributed by atoms with van der Waals surface area (Å²) < 4.78 is 32.5. The Hall–Kier alpha value is -1.95. The fourth-order valence-electron chi connectivity index (χ4n) is 2.03. The molecule has 0 fully saturated rings. The maximum atomic E-state index is 12.7. The first-order chi connectivity index (χ1) is 10.5. The zero-order chi connectivity index (χ0) is 16.1. The monoisotopic (exact) mass is 369 g/mol. The van der Waals surface area contributed by atoms with Crippen LogP contribution in [0.1, 0.15) is 0 Å². The topological polar surface area (TPSA) is 31.2 Å². The highest BCUT2D eigenvalue weighted by Crippen LogP contribution is 2.31. The standard InChI is InChI=1S/C16H14BrF2NO2/c1-2-8-22-11-6-7-12(13(17)9-11)14-4-3-5-16(21)20(14)10-15(18)19/h2-7,9,15H,1,8,10H2. The highest BCUT2D eigenvalue weighted by Gasteiger charge is 2.13. The normalized spacial score (nSPS) is 10.7. The predicted molar refractivity (Wildman–Crippen MR) is 85.5 cm³/mol. The molecule has 22 heavy (non-hydrogen) atoms. The van der Waals surface area contributed by atoms with Crippen LogP contribution in [0.3, 0.4) is 0 Å². The number of halogens is 3. The predicted octanol–water partition coefficient (Wildman–Crippen LogP) is 4.11. The van der Waals surface area contributed by atoms with Crippen molar-refractivity contribution in [2.75, 3.05) is 6.61 Å². The van der Waals surface area contributed by atoms with Crippen LogP contribution in [0.2, 0.25) is 0 Å². The van der Waals surface area contributed by atoms with Crippen LogP contribution in [0.4, 0.5) is 8.78 Å². The second kappa shape index (κ2) is 7.35. The van der Waals surface area contributed by atoms with Gasteiger partial charge in [0.05, 0.1) is 12.2 Å². The molecule has 0 N–H and O–H groups in total. The molecule has 6 heteroatoms. The molecule has 0 saturated carbocycles. The van der Waals surface area contributed by atoms with E-state index in [1.807, 2.05) is 0 Å². The molecule has 3 nitrogen and oxygen atoms in total. The van der Waals surface area contributed by atoms with Gasteiger partial charge in [-0.25, -0.2) is 8.78 Å². The minimum absolute atomic E-state index is 0.368. The summed E-state index contributed by atoms with van der Waals surface area (Å²) in [4.78, 5) is 11.8. The molecule has 1 aromatic carbocycles. The molecule has 0 radical (unpaired) electrons. The quantitative estimate of drug-likeness (QED) is 0.717. The Balaban J connectivity index is 2.46. The smallest absolute Gasteiger partial charge is 0.256 e.